The summed E-state index contributed by atoms with van der Waals surface area (Å²) in [5.41, 5.74) is 5.94. The first-order valence-electron chi connectivity index (χ1n) is 9.95. The van der Waals surface area contributed by atoms with E-state index in [0.29, 0.717) is 12.0 Å². The number of hydrogen-bond donors (Lipinski definition) is 2. The number of benzene rings is 1. The molecule has 0 bridgehead atoms. The van der Waals surface area contributed by atoms with E-state index in [1.54, 1.807) is 18.2 Å². The van der Waals surface area contributed by atoms with Gasteiger partial charge in [-0.05, 0) is 41.7 Å². The lowest BCUT2D eigenvalue weighted by atomic mass is 9.54. The van der Waals surface area contributed by atoms with Crippen molar-refractivity contribution in [3.8, 4) is 29.7 Å². The molecule has 0 fully saturated rings. The third-order valence-electron chi connectivity index (χ3n) is 6.69. The molecule has 6 heteroatoms. The van der Waals surface area contributed by atoms with Crippen molar-refractivity contribution >= 4 is 0 Å². The molecule has 0 radical (unpaired) electrons. The lowest BCUT2D eigenvalue weighted by Crippen LogP contribution is -2.44. The number of nitrogens with two attached hydrogens (primary N) is 1. The largest absolute Gasteiger partial charge is 0.504 e. The molecule has 2 aliphatic rings. The second-order valence-corrected chi connectivity index (χ2v) is 9.11. The summed E-state index contributed by atoms with van der Waals surface area (Å²) in [6.07, 6.45) is 3.50. The molecule has 0 spiro atoms. The van der Waals surface area contributed by atoms with Crippen molar-refractivity contribution in [2.45, 2.75) is 39.5 Å². The first-order chi connectivity index (χ1) is 14.2. The number of rotatable bonds is 2. The van der Waals surface area contributed by atoms with Crippen LogP contribution in [0.5, 0.6) is 11.5 Å². The van der Waals surface area contributed by atoms with Crippen LogP contribution in [0.3, 0.4) is 0 Å². The van der Waals surface area contributed by atoms with Crippen LogP contribution in [0.15, 0.2) is 41.1 Å². The minimum atomic E-state index is -1.77. The fourth-order valence-corrected chi connectivity index (χ4v) is 4.90. The van der Waals surface area contributed by atoms with Gasteiger partial charge in [-0.3, -0.25) is 0 Å². The molecule has 1 aromatic rings. The van der Waals surface area contributed by atoms with Crippen molar-refractivity contribution in [2.24, 2.45) is 28.4 Å². The molecule has 6 nitrogen and oxygen atoms in total. The van der Waals surface area contributed by atoms with Gasteiger partial charge in [0, 0.05) is 11.5 Å². The normalized spacial score (nSPS) is 25.2. The summed E-state index contributed by atoms with van der Waals surface area (Å²) >= 11 is 0. The Hall–Kier alpha value is -3.43. The Kier molecular flexibility index (Phi) is 5.27. The number of para-hydroxylation sites is 1. The van der Waals surface area contributed by atoms with Crippen LogP contribution in [-0.2, 0) is 0 Å². The SMILES string of the molecule is COc1cccc([C@H]2[C@@H]3C[C@@H](C(C)(C)C)CC=C3C(C#N)=C(N)C2(C#N)C#N)c1O. The van der Waals surface area contributed by atoms with Crippen molar-refractivity contribution in [2.75, 3.05) is 7.11 Å². The number of ether oxygens (including phenoxy) is 1. The predicted octanol–water partition coefficient (Wildman–Crippen LogP) is 4.27. The summed E-state index contributed by atoms with van der Waals surface area (Å²) in [5, 5.41) is 41.1. The zero-order chi connectivity index (χ0) is 22.3. The average Bonchev–Trinajstić information content (AvgIpc) is 2.72. The van der Waals surface area contributed by atoms with Gasteiger partial charge in [-0.1, -0.05) is 39.0 Å². The van der Waals surface area contributed by atoms with E-state index in [4.69, 9.17) is 10.5 Å². The van der Waals surface area contributed by atoms with Gasteiger partial charge in [-0.25, -0.2) is 0 Å². The topological polar surface area (TPSA) is 127 Å². The lowest BCUT2D eigenvalue weighted by molar-refractivity contribution is 0.169. The standard InChI is InChI=1S/C24H26N4O2/c1-23(2,3)14-8-9-15-17(10-14)20(16-6-5-7-19(30-4)21(16)29)24(12-26,13-27)22(28)18(15)11-25/h5-7,9,14,17,20,29H,8,10,28H2,1-4H3/t14-,17+,20-/m0/s1. The van der Waals surface area contributed by atoms with Gasteiger partial charge in [0.25, 0.3) is 0 Å². The molecule has 0 aliphatic heterocycles. The van der Waals surface area contributed by atoms with Gasteiger partial charge >= 0.3 is 0 Å². The van der Waals surface area contributed by atoms with Crippen LogP contribution in [0.1, 0.15) is 45.1 Å². The van der Waals surface area contributed by atoms with Crippen LogP contribution >= 0.6 is 0 Å². The molecule has 3 rings (SSSR count). The maximum atomic E-state index is 10.9. The van der Waals surface area contributed by atoms with Crippen molar-refractivity contribution in [1.82, 2.24) is 0 Å². The number of hydrogen-bond acceptors (Lipinski definition) is 6. The van der Waals surface area contributed by atoms with E-state index in [0.717, 1.165) is 12.0 Å². The van der Waals surface area contributed by atoms with Gasteiger partial charge in [0.05, 0.1) is 30.5 Å². The zero-order valence-corrected chi connectivity index (χ0v) is 17.7. The van der Waals surface area contributed by atoms with Gasteiger partial charge in [0.15, 0.2) is 16.9 Å². The van der Waals surface area contributed by atoms with E-state index in [2.05, 4.69) is 39.0 Å². The van der Waals surface area contributed by atoms with Crippen LogP contribution in [0.4, 0.5) is 0 Å². The number of phenolic OH excluding ortho intramolecular Hbond substituents is 1. The van der Waals surface area contributed by atoms with Crippen molar-refractivity contribution < 1.29 is 9.84 Å². The number of aromatic hydroxyl groups is 1. The monoisotopic (exact) mass is 402 g/mol. The summed E-state index contributed by atoms with van der Waals surface area (Å²) in [4.78, 5) is 0. The van der Waals surface area contributed by atoms with Crippen LogP contribution in [0.2, 0.25) is 0 Å². The highest BCUT2D eigenvalue weighted by Gasteiger charge is 2.55. The van der Waals surface area contributed by atoms with Crippen LogP contribution < -0.4 is 10.5 Å². The smallest absolute Gasteiger partial charge is 0.191 e. The number of nitriles is 3. The second kappa shape index (κ2) is 7.43. The minimum Gasteiger partial charge on any atom is -0.504 e. The number of allylic oxidation sites excluding steroid dienone is 4. The number of methoxy groups -OCH3 is 1. The van der Waals surface area contributed by atoms with E-state index < -0.39 is 11.3 Å². The van der Waals surface area contributed by atoms with Crippen LogP contribution in [0, 0.1) is 56.7 Å². The summed E-state index contributed by atoms with van der Waals surface area (Å²) in [6.45, 7) is 6.48. The van der Waals surface area contributed by atoms with E-state index >= 15 is 0 Å². The highest BCUT2D eigenvalue weighted by Crippen LogP contribution is 2.59. The molecule has 0 saturated carbocycles. The molecular formula is C24H26N4O2. The van der Waals surface area contributed by atoms with Crippen LogP contribution in [-0.4, -0.2) is 12.2 Å². The first-order valence-corrected chi connectivity index (χ1v) is 9.95. The van der Waals surface area contributed by atoms with E-state index in [1.165, 1.54) is 7.11 Å². The quantitative estimate of drug-likeness (QED) is 0.760. The minimum absolute atomic E-state index is 0.00443. The Bertz CT molecular complexity index is 1040. The molecule has 0 saturated heterocycles. The molecule has 30 heavy (non-hydrogen) atoms. The number of nitrogens with zero attached hydrogens (tertiary/aromatic N) is 3. The molecule has 154 valence electrons. The van der Waals surface area contributed by atoms with Gasteiger partial charge in [-0.15, -0.1) is 0 Å². The first kappa shape index (κ1) is 21.3. The molecule has 0 heterocycles. The summed E-state index contributed by atoms with van der Waals surface area (Å²) in [6, 6.07) is 11.4. The van der Waals surface area contributed by atoms with E-state index in [9.17, 15) is 20.9 Å². The van der Waals surface area contributed by atoms with Crippen LogP contribution in [0.25, 0.3) is 0 Å². The molecule has 0 aromatic heterocycles. The van der Waals surface area contributed by atoms with Crippen molar-refractivity contribution in [3.63, 3.8) is 0 Å². The Morgan fingerprint density at radius 2 is 1.87 bits per heavy atom. The molecular weight excluding hydrogens is 376 g/mol. The Labute approximate surface area is 177 Å². The summed E-state index contributed by atoms with van der Waals surface area (Å²) in [5.74, 6) is -0.584. The molecule has 2 aliphatic carbocycles. The fraction of sp³-hybridized carbons (Fsp3) is 0.458. The Morgan fingerprint density at radius 1 is 1.20 bits per heavy atom. The van der Waals surface area contributed by atoms with Gasteiger partial charge in [0.2, 0.25) is 0 Å². The Morgan fingerprint density at radius 3 is 2.40 bits per heavy atom. The molecule has 1 aromatic carbocycles. The van der Waals surface area contributed by atoms with Crippen molar-refractivity contribution in [3.05, 3.63) is 46.7 Å². The third-order valence-corrected chi connectivity index (χ3v) is 6.69. The molecule has 0 unspecified atom stereocenters. The lowest BCUT2D eigenvalue weighted by Gasteiger charge is -2.47. The summed E-state index contributed by atoms with van der Waals surface area (Å²) < 4.78 is 5.27. The van der Waals surface area contributed by atoms with E-state index in [-0.39, 0.29) is 40.0 Å². The molecule has 0 amide bonds. The average molecular weight is 402 g/mol. The van der Waals surface area contributed by atoms with Gasteiger partial charge in [-0.2, -0.15) is 15.8 Å². The second-order valence-electron chi connectivity index (χ2n) is 9.11. The highest BCUT2D eigenvalue weighted by atomic mass is 16.5. The number of fused-ring (bicyclic) bond motifs is 1. The molecule has 3 atom stereocenters. The van der Waals surface area contributed by atoms with Gasteiger partial charge < -0.3 is 15.6 Å². The maximum Gasteiger partial charge on any atom is 0.191 e. The fourth-order valence-electron chi connectivity index (χ4n) is 4.90. The third kappa shape index (κ3) is 2.99. The predicted molar refractivity (Wildman–Crippen MR) is 112 cm³/mol. The highest BCUT2D eigenvalue weighted by molar-refractivity contribution is 5.61. The van der Waals surface area contributed by atoms with Crippen molar-refractivity contribution in [1.29, 1.82) is 15.8 Å². The Balaban J connectivity index is 2.35. The molecule has 3 N–H and O–H groups in total. The van der Waals surface area contributed by atoms with E-state index in [1.807, 2.05) is 6.08 Å². The summed E-state index contributed by atoms with van der Waals surface area (Å²) in [7, 11) is 1.45. The maximum absolute atomic E-state index is 10.9. The number of phenols is 1. The zero-order valence-electron chi connectivity index (χ0n) is 17.7. The van der Waals surface area contributed by atoms with Gasteiger partial charge in [0.1, 0.15) is 6.07 Å².